The lowest BCUT2D eigenvalue weighted by atomic mass is 9.85. The number of hydrogen-bond acceptors (Lipinski definition) is 5. The van der Waals surface area contributed by atoms with E-state index in [4.69, 9.17) is 5.73 Å². The molecular weight excluding hydrogens is 405 g/mol. The van der Waals surface area contributed by atoms with Crippen LogP contribution >= 0.6 is 8.03 Å². The summed E-state index contributed by atoms with van der Waals surface area (Å²) in [5.74, 6) is -0.768. The number of hydrogen-bond donors (Lipinski definition) is 5. The fourth-order valence-electron chi connectivity index (χ4n) is 3.93. The molecule has 174 valence electrons. The summed E-state index contributed by atoms with van der Waals surface area (Å²) >= 11 is 0. The standard InChI is InChI=1S/C21H40N3O5P/c1-5-14(4)19(24-20(26)18(22)13(2)3)21(27)23-12-16(25)11-17(30(28)29)15-9-7-6-8-10-15/h13-19,25H,5-12,22H2,1-4H3,(H2-,23,24,26,27,28,29)/p+1/t14?,16-,17?,18+,19?/m1/s1. The van der Waals surface area contributed by atoms with Gasteiger partial charge in [0.25, 0.3) is 0 Å². The van der Waals surface area contributed by atoms with Crippen LogP contribution in [-0.2, 0) is 14.2 Å². The van der Waals surface area contributed by atoms with Gasteiger partial charge in [0, 0.05) is 18.9 Å². The van der Waals surface area contributed by atoms with Gasteiger partial charge in [-0.25, -0.2) is 0 Å². The van der Waals surface area contributed by atoms with Crippen LogP contribution in [0.15, 0.2) is 0 Å². The molecule has 1 rings (SSSR count). The second-order valence-corrected chi connectivity index (χ2v) is 10.3. The maximum absolute atomic E-state index is 12.7. The van der Waals surface area contributed by atoms with Crippen molar-refractivity contribution in [2.75, 3.05) is 6.54 Å². The minimum Gasteiger partial charge on any atom is -0.391 e. The molecule has 4 unspecified atom stereocenters. The van der Waals surface area contributed by atoms with E-state index in [0.29, 0.717) is 6.42 Å². The van der Waals surface area contributed by atoms with Crippen LogP contribution in [0.1, 0.15) is 72.6 Å². The van der Waals surface area contributed by atoms with Gasteiger partial charge in [-0.05, 0) is 29.2 Å². The van der Waals surface area contributed by atoms with Crippen LogP contribution in [0.5, 0.6) is 0 Å². The third kappa shape index (κ3) is 8.58. The maximum atomic E-state index is 12.7. The molecule has 6 atom stereocenters. The summed E-state index contributed by atoms with van der Waals surface area (Å²) in [6.07, 6.45) is 5.00. The van der Waals surface area contributed by atoms with Gasteiger partial charge < -0.3 is 21.5 Å². The smallest absolute Gasteiger partial charge is 0.391 e. The van der Waals surface area contributed by atoms with E-state index in [9.17, 15) is 24.2 Å². The molecule has 8 nitrogen and oxygen atoms in total. The Morgan fingerprint density at radius 1 is 1.13 bits per heavy atom. The van der Waals surface area contributed by atoms with Gasteiger partial charge in [-0.3, -0.25) is 9.59 Å². The quantitative estimate of drug-likeness (QED) is 0.291. The summed E-state index contributed by atoms with van der Waals surface area (Å²) in [7, 11) is -2.39. The minimum atomic E-state index is -2.39. The molecule has 0 radical (unpaired) electrons. The number of aliphatic hydroxyl groups is 1. The van der Waals surface area contributed by atoms with Gasteiger partial charge in [-0.1, -0.05) is 53.4 Å². The molecule has 0 aromatic rings. The van der Waals surface area contributed by atoms with Gasteiger partial charge >= 0.3 is 8.03 Å². The van der Waals surface area contributed by atoms with E-state index in [1.807, 2.05) is 27.7 Å². The maximum Gasteiger partial charge on any atom is 0.509 e. The highest BCUT2D eigenvalue weighted by Gasteiger charge is 2.39. The van der Waals surface area contributed by atoms with E-state index < -0.39 is 31.9 Å². The number of carbonyl (C=O) groups is 2. The van der Waals surface area contributed by atoms with Crippen LogP contribution < -0.4 is 16.4 Å². The molecule has 0 aromatic carbocycles. The third-order valence-electron chi connectivity index (χ3n) is 6.32. The fourth-order valence-corrected chi connectivity index (χ4v) is 5.01. The van der Waals surface area contributed by atoms with Crippen LogP contribution in [0.3, 0.4) is 0 Å². The van der Waals surface area contributed by atoms with Crippen LogP contribution in [-0.4, -0.2) is 52.2 Å². The number of nitrogens with one attached hydrogen (secondary N) is 2. The molecule has 0 aromatic heterocycles. The van der Waals surface area contributed by atoms with E-state index in [1.54, 1.807) is 0 Å². The Hall–Kier alpha value is -1.08. The normalized spacial score (nSPS) is 20.7. The van der Waals surface area contributed by atoms with E-state index >= 15 is 0 Å². The van der Waals surface area contributed by atoms with Gasteiger partial charge in [0.1, 0.15) is 6.04 Å². The second kappa shape index (κ2) is 13.4. The molecule has 0 heterocycles. The van der Waals surface area contributed by atoms with Crippen LogP contribution in [0.25, 0.3) is 0 Å². The largest absolute Gasteiger partial charge is 0.509 e. The molecule has 0 aliphatic heterocycles. The van der Waals surface area contributed by atoms with E-state index in [1.165, 1.54) is 0 Å². The summed E-state index contributed by atoms with van der Waals surface area (Å²) in [6.45, 7) is 7.46. The Labute approximate surface area is 181 Å². The molecule has 1 fully saturated rings. The summed E-state index contributed by atoms with van der Waals surface area (Å²) in [5, 5.41) is 15.8. The lowest BCUT2D eigenvalue weighted by Crippen LogP contribution is -2.55. The monoisotopic (exact) mass is 446 g/mol. The Balaban J connectivity index is 2.65. The van der Waals surface area contributed by atoms with Crippen molar-refractivity contribution >= 4 is 19.8 Å². The molecule has 30 heavy (non-hydrogen) atoms. The van der Waals surface area contributed by atoms with Crippen molar-refractivity contribution in [3.05, 3.63) is 0 Å². The zero-order valence-corrected chi connectivity index (χ0v) is 19.7. The highest BCUT2D eigenvalue weighted by atomic mass is 31.1. The summed E-state index contributed by atoms with van der Waals surface area (Å²) in [5.41, 5.74) is 5.43. The summed E-state index contributed by atoms with van der Waals surface area (Å²) < 4.78 is 11.8. The fraction of sp³-hybridized carbons (Fsp3) is 0.905. The Morgan fingerprint density at radius 3 is 2.23 bits per heavy atom. The van der Waals surface area contributed by atoms with E-state index in [2.05, 4.69) is 10.6 Å². The van der Waals surface area contributed by atoms with Crippen LogP contribution in [0.2, 0.25) is 0 Å². The number of aliphatic hydroxyl groups excluding tert-OH is 1. The van der Waals surface area contributed by atoms with Crippen molar-refractivity contribution in [1.29, 1.82) is 0 Å². The van der Waals surface area contributed by atoms with Crippen molar-refractivity contribution in [2.45, 2.75) is 96.5 Å². The predicted octanol–water partition coefficient (Wildman–Crippen LogP) is 2.05. The molecular formula is C21H41N3O5P+. The third-order valence-corrected chi connectivity index (χ3v) is 7.52. The molecule has 1 aliphatic carbocycles. The Morgan fingerprint density at radius 2 is 1.73 bits per heavy atom. The number of carbonyl (C=O) groups excluding carboxylic acids is 2. The topological polar surface area (TPSA) is 142 Å². The summed E-state index contributed by atoms with van der Waals surface area (Å²) in [4.78, 5) is 34.8. The first-order valence-corrected chi connectivity index (χ1v) is 12.5. The summed E-state index contributed by atoms with van der Waals surface area (Å²) in [6, 6.07) is -1.45. The second-order valence-electron chi connectivity index (χ2n) is 9.04. The Kier molecular flexibility index (Phi) is 12.0. The number of amides is 2. The van der Waals surface area contributed by atoms with Crippen molar-refractivity contribution in [2.24, 2.45) is 23.5 Å². The van der Waals surface area contributed by atoms with Gasteiger partial charge in [0.15, 0.2) is 5.66 Å². The van der Waals surface area contributed by atoms with E-state index in [-0.39, 0.29) is 42.5 Å². The first-order chi connectivity index (χ1) is 14.1. The van der Waals surface area contributed by atoms with Crippen molar-refractivity contribution < 1.29 is 24.2 Å². The van der Waals surface area contributed by atoms with E-state index in [0.717, 1.165) is 32.1 Å². The highest BCUT2D eigenvalue weighted by molar-refractivity contribution is 7.38. The molecule has 0 bridgehead atoms. The van der Waals surface area contributed by atoms with Crippen molar-refractivity contribution in [1.82, 2.24) is 10.6 Å². The molecule has 6 N–H and O–H groups in total. The molecule has 0 spiro atoms. The predicted molar refractivity (Wildman–Crippen MR) is 118 cm³/mol. The molecule has 1 saturated carbocycles. The zero-order valence-electron chi connectivity index (χ0n) is 18.8. The van der Waals surface area contributed by atoms with Gasteiger partial charge in [-0.15, -0.1) is 0 Å². The van der Waals surface area contributed by atoms with Gasteiger partial charge in [-0.2, -0.15) is 4.89 Å². The molecule has 1 aliphatic rings. The molecule has 2 amide bonds. The van der Waals surface area contributed by atoms with Gasteiger partial charge in [0.2, 0.25) is 11.8 Å². The average Bonchev–Trinajstić information content (AvgIpc) is 2.72. The van der Waals surface area contributed by atoms with Crippen molar-refractivity contribution in [3.8, 4) is 0 Å². The van der Waals surface area contributed by atoms with Crippen LogP contribution in [0, 0.1) is 17.8 Å². The van der Waals surface area contributed by atoms with Crippen molar-refractivity contribution in [3.63, 3.8) is 0 Å². The number of nitrogens with two attached hydrogens (primary N) is 1. The lowest BCUT2D eigenvalue weighted by molar-refractivity contribution is -0.131. The average molecular weight is 447 g/mol. The lowest BCUT2D eigenvalue weighted by Gasteiger charge is -2.27. The zero-order chi connectivity index (χ0) is 22.8. The van der Waals surface area contributed by atoms with Gasteiger partial charge in [0.05, 0.1) is 12.1 Å². The SMILES string of the molecule is CCC(C)C(NC(=O)[C@@H](N)C(C)C)C(=O)NC[C@H](O)CC(C1CCCCC1)[P+](=O)O. The highest BCUT2D eigenvalue weighted by Crippen LogP contribution is 2.40. The first-order valence-electron chi connectivity index (χ1n) is 11.2. The first kappa shape index (κ1) is 27.0. The van der Waals surface area contributed by atoms with Crippen LogP contribution in [0.4, 0.5) is 0 Å². The minimum absolute atomic E-state index is 0.0235. The Bertz CT molecular complexity index is 569. The molecule has 0 saturated heterocycles. The number of rotatable bonds is 12. The molecule has 9 heteroatoms.